The molecule has 1 unspecified atom stereocenters. The fourth-order valence-corrected chi connectivity index (χ4v) is 2.56. The summed E-state index contributed by atoms with van der Waals surface area (Å²) in [6.07, 6.45) is 1.01. The number of nitrogens with zero attached hydrogens (tertiary/aromatic N) is 2. The minimum atomic E-state index is -1.02. The summed E-state index contributed by atoms with van der Waals surface area (Å²) < 4.78 is 10.8. The molecule has 3 heterocycles. The molecule has 2 aromatic heterocycles. The van der Waals surface area contributed by atoms with Crippen LogP contribution in [0.15, 0.2) is 20.3 Å². The molecule has 1 saturated carbocycles. The molecular formula is C15H14N4O5. The van der Waals surface area contributed by atoms with Gasteiger partial charge in [-0.2, -0.15) is 9.97 Å². The minimum absolute atomic E-state index is 0.0815. The van der Waals surface area contributed by atoms with Crippen LogP contribution in [0.25, 0.3) is 11.4 Å². The van der Waals surface area contributed by atoms with Gasteiger partial charge in [0.05, 0.1) is 5.70 Å². The number of oxazole rings is 2. The number of fused-ring (bicyclic) bond motifs is 1. The number of carboxylic acids is 1. The summed E-state index contributed by atoms with van der Waals surface area (Å²) in [6, 6.07) is -0.321. The molecule has 0 saturated heterocycles. The SMILES string of the molecule is CNC1=C(C)ONC1C#Cc1nc2nc(C3(C(=O)O)CC3)oc2o1. The first-order chi connectivity index (χ1) is 11.5. The lowest BCUT2D eigenvalue weighted by atomic mass is 10.1. The summed E-state index contributed by atoms with van der Waals surface area (Å²) >= 11 is 0. The Morgan fingerprint density at radius 2 is 2.21 bits per heavy atom. The van der Waals surface area contributed by atoms with Crippen molar-refractivity contribution >= 4 is 17.4 Å². The molecular weight excluding hydrogens is 316 g/mol. The maximum absolute atomic E-state index is 11.3. The van der Waals surface area contributed by atoms with Gasteiger partial charge < -0.3 is 24.1 Å². The van der Waals surface area contributed by atoms with Gasteiger partial charge in [-0.15, -0.1) is 5.48 Å². The monoisotopic (exact) mass is 330 g/mol. The third kappa shape index (κ3) is 2.11. The number of rotatable bonds is 3. The van der Waals surface area contributed by atoms with Gasteiger partial charge in [0.2, 0.25) is 11.5 Å². The van der Waals surface area contributed by atoms with Crippen LogP contribution in [0.2, 0.25) is 0 Å². The van der Waals surface area contributed by atoms with E-state index in [1.807, 2.05) is 6.92 Å². The van der Waals surface area contributed by atoms with Gasteiger partial charge in [0, 0.05) is 7.05 Å². The van der Waals surface area contributed by atoms with Crippen LogP contribution < -0.4 is 10.8 Å². The molecule has 2 aromatic rings. The van der Waals surface area contributed by atoms with E-state index >= 15 is 0 Å². The zero-order chi connectivity index (χ0) is 16.9. The molecule has 1 aliphatic heterocycles. The van der Waals surface area contributed by atoms with E-state index in [4.69, 9.17) is 13.7 Å². The van der Waals surface area contributed by atoms with Gasteiger partial charge in [0.25, 0.3) is 5.89 Å². The molecule has 0 spiro atoms. The Balaban J connectivity index is 1.59. The lowest BCUT2D eigenvalue weighted by Gasteiger charge is -2.03. The van der Waals surface area contributed by atoms with Crippen LogP contribution in [-0.4, -0.2) is 34.1 Å². The number of hydrogen-bond acceptors (Lipinski definition) is 8. The highest BCUT2D eigenvalue weighted by atomic mass is 16.7. The number of nitrogens with one attached hydrogen (secondary N) is 2. The number of hydroxylamine groups is 1. The van der Waals surface area contributed by atoms with Gasteiger partial charge in [-0.3, -0.25) is 4.79 Å². The number of hydrogen-bond donors (Lipinski definition) is 3. The number of carboxylic acid groups (broad SMARTS) is 1. The predicted molar refractivity (Wildman–Crippen MR) is 79.3 cm³/mol. The largest absolute Gasteiger partial charge is 0.480 e. The van der Waals surface area contributed by atoms with Gasteiger partial charge in [0.1, 0.15) is 17.2 Å². The molecule has 1 fully saturated rings. The van der Waals surface area contributed by atoms with Crippen LogP contribution in [0, 0.1) is 11.8 Å². The topological polar surface area (TPSA) is 123 Å². The average Bonchev–Trinajstić information content (AvgIpc) is 2.96. The number of aliphatic carboxylic acids is 1. The van der Waals surface area contributed by atoms with Gasteiger partial charge in [-0.25, -0.2) is 0 Å². The highest BCUT2D eigenvalue weighted by Gasteiger charge is 2.56. The molecule has 0 aromatic carbocycles. The number of allylic oxidation sites excluding steroid dienone is 1. The normalized spacial score (nSPS) is 21.3. The van der Waals surface area contributed by atoms with E-state index in [0.29, 0.717) is 18.6 Å². The second kappa shape index (κ2) is 5.01. The highest BCUT2D eigenvalue weighted by Crippen LogP contribution is 2.48. The van der Waals surface area contributed by atoms with Crippen LogP contribution in [-0.2, 0) is 15.0 Å². The molecule has 1 aliphatic carbocycles. The summed E-state index contributed by atoms with van der Waals surface area (Å²) in [5.41, 5.74) is 2.80. The lowest BCUT2D eigenvalue weighted by Crippen LogP contribution is -2.27. The number of likely N-dealkylation sites (N-methyl/N-ethyl adjacent to an activating group) is 1. The van der Waals surface area contributed by atoms with Crippen molar-refractivity contribution in [1.29, 1.82) is 0 Å². The van der Waals surface area contributed by atoms with Crippen molar-refractivity contribution in [3.63, 3.8) is 0 Å². The Labute approximate surface area is 136 Å². The first kappa shape index (κ1) is 14.6. The molecule has 3 N–H and O–H groups in total. The Hall–Kier alpha value is -2.99. The average molecular weight is 330 g/mol. The second-order valence-corrected chi connectivity index (χ2v) is 5.68. The van der Waals surface area contributed by atoms with Crippen molar-refractivity contribution in [2.75, 3.05) is 7.05 Å². The van der Waals surface area contributed by atoms with Crippen molar-refractivity contribution in [2.45, 2.75) is 31.2 Å². The molecule has 9 heteroatoms. The first-order valence-electron chi connectivity index (χ1n) is 7.37. The van der Waals surface area contributed by atoms with Crippen LogP contribution in [0.5, 0.6) is 0 Å². The van der Waals surface area contributed by atoms with Crippen LogP contribution in [0.1, 0.15) is 31.5 Å². The van der Waals surface area contributed by atoms with Gasteiger partial charge in [-0.05, 0) is 25.7 Å². The maximum atomic E-state index is 11.3. The zero-order valence-corrected chi connectivity index (χ0v) is 13.0. The Morgan fingerprint density at radius 1 is 1.42 bits per heavy atom. The highest BCUT2D eigenvalue weighted by molar-refractivity contribution is 5.84. The minimum Gasteiger partial charge on any atom is -0.480 e. The van der Waals surface area contributed by atoms with Gasteiger partial charge in [-0.1, -0.05) is 5.92 Å². The van der Waals surface area contributed by atoms with E-state index in [0.717, 1.165) is 5.70 Å². The molecule has 0 bridgehead atoms. The third-order valence-electron chi connectivity index (χ3n) is 4.14. The van der Waals surface area contributed by atoms with Crippen molar-refractivity contribution < 1.29 is 23.6 Å². The molecule has 24 heavy (non-hydrogen) atoms. The Bertz CT molecular complexity index is 893. The van der Waals surface area contributed by atoms with Gasteiger partial charge in [0.15, 0.2) is 0 Å². The van der Waals surface area contributed by atoms with E-state index in [9.17, 15) is 9.90 Å². The van der Waals surface area contributed by atoms with E-state index < -0.39 is 11.4 Å². The number of carbonyl (C=O) groups is 1. The summed E-state index contributed by atoms with van der Waals surface area (Å²) in [5.74, 6) is 5.84. The standard InChI is InChI=1S/C15H14N4O5/c1-7-10(16-2)8(19-24-7)3-4-9-17-11-12(22-9)23-13(18-11)15(5-6-15)14(20)21/h8,16,19H,5-6H2,1-2H3,(H,20,21). The van der Waals surface area contributed by atoms with E-state index in [1.54, 1.807) is 7.05 Å². The zero-order valence-electron chi connectivity index (χ0n) is 13.0. The molecule has 2 aliphatic rings. The van der Waals surface area contributed by atoms with Crippen molar-refractivity contribution in [2.24, 2.45) is 0 Å². The van der Waals surface area contributed by atoms with Crippen molar-refractivity contribution in [3.05, 3.63) is 23.2 Å². The fourth-order valence-electron chi connectivity index (χ4n) is 2.56. The number of aromatic nitrogens is 2. The molecule has 0 amide bonds. The summed E-state index contributed by atoms with van der Waals surface area (Å²) in [4.78, 5) is 24.7. The maximum Gasteiger partial charge on any atom is 0.340 e. The second-order valence-electron chi connectivity index (χ2n) is 5.68. The lowest BCUT2D eigenvalue weighted by molar-refractivity contribution is -0.140. The van der Waals surface area contributed by atoms with Crippen LogP contribution >= 0.6 is 0 Å². The Kier molecular flexibility index (Phi) is 3.04. The predicted octanol–water partition coefficient (Wildman–Crippen LogP) is 0.638. The van der Waals surface area contributed by atoms with E-state index in [2.05, 4.69) is 32.6 Å². The summed E-state index contributed by atoms with van der Waals surface area (Å²) in [5, 5.41) is 12.3. The van der Waals surface area contributed by atoms with Crippen molar-refractivity contribution in [3.8, 4) is 11.8 Å². The quantitative estimate of drug-likeness (QED) is 0.695. The smallest absolute Gasteiger partial charge is 0.340 e. The Morgan fingerprint density at radius 3 is 2.83 bits per heavy atom. The first-order valence-corrected chi connectivity index (χ1v) is 7.37. The van der Waals surface area contributed by atoms with E-state index in [1.165, 1.54) is 0 Å². The molecule has 124 valence electrons. The summed E-state index contributed by atoms with van der Waals surface area (Å²) in [7, 11) is 1.78. The van der Waals surface area contributed by atoms with E-state index in [-0.39, 0.29) is 29.3 Å². The van der Waals surface area contributed by atoms with Crippen LogP contribution in [0.4, 0.5) is 0 Å². The molecule has 9 nitrogen and oxygen atoms in total. The molecule has 0 radical (unpaired) electrons. The van der Waals surface area contributed by atoms with Crippen molar-refractivity contribution in [1.82, 2.24) is 20.8 Å². The van der Waals surface area contributed by atoms with Gasteiger partial charge >= 0.3 is 11.7 Å². The summed E-state index contributed by atoms with van der Waals surface area (Å²) in [6.45, 7) is 1.82. The molecule has 4 rings (SSSR count). The molecule has 1 atom stereocenters. The fraction of sp³-hybridized carbons (Fsp3) is 0.400. The third-order valence-corrected chi connectivity index (χ3v) is 4.14. The van der Waals surface area contributed by atoms with Crippen LogP contribution in [0.3, 0.4) is 0 Å².